The fourth-order valence-electron chi connectivity index (χ4n) is 3.57. The zero-order valence-corrected chi connectivity index (χ0v) is 16.7. The molecule has 0 bridgehead atoms. The Morgan fingerprint density at radius 1 is 1.24 bits per heavy atom. The van der Waals surface area contributed by atoms with Gasteiger partial charge in [-0.15, -0.1) is 0 Å². The lowest BCUT2D eigenvalue weighted by molar-refractivity contribution is -0.126. The summed E-state index contributed by atoms with van der Waals surface area (Å²) < 4.78 is 5.08. The number of likely N-dealkylation sites (tertiary alicyclic amines) is 1. The topological polar surface area (TPSA) is 71.5 Å². The van der Waals surface area contributed by atoms with E-state index in [0.29, 0.717) is 25.9 Å². The summed E-state index contributed by atoms with van der Waals surface area (Å²) in [6.07, 6.45) is 4.15. The van der Waals surface area contributed by atoms with Crippen LogP contribution in [0.25, 0.3) is 0 Å². The molecule has 1 N–H and O–H groups in total. The Balaban J connectivity index is 1.68. The van der Waals surface area contributed by atoms with Gasteiger partial charge in [0.1, 0.15) is 6.61 Å². The molecule has 1 fully saturated rings. The maximum absolute atomic E-state index is 13.0. The van der Waals surface area contributed by atoms with Crippen LogP contribution in [-0.4, -0.2) is 41.6 Å². The Kier molecular flexibility index (Phi) is 7.00. The minimum atomic E-state index is -0.352. The second kappa shape index (κ2) is 9.87. The van der Waals surface area contributed by atoms with E-state index in [-0.39, 0.29) is 30.6 Å². The SMILES string of the molecule is C=CCOC(=O)N1CCC(C(=O)NC(c2ccccn2)c2ccccc2C)CC1. The van der Waals surface area contributed by atoms with E-state index in [9.17, 15) is 9.59 Å². The molecule has 6 nitrogen and oxygen atoms in total. The molecule has 1 atom stereocenters. The van der Waals surface area contributed by atoms with Crippen molar-refractivity contribution in [2.75, 3.05) is 19.7 Å². The predicted molar refractivity (Wildman–Crippen MR) is 111 cm³/mol. The van der Waals surface area contributed by atoms with E-state index in [1.165, 1.54) is 0 Å². The molecule has 152 valence electrons. The van der Waals surface area contributed by atoms with Crippen molar-refractivity contribution >= 4 is 12.0 Å². The van der Waals surface area contributed by atoms with Gasteiger partial charge in [-0.2, -0.15) is 0 Å². The lowest BCUT2D eigenvalue weighted by atomic mass is 9.93. The van der Waals surface area contributed by atoms with Gasteiger partial charge < -0.3 is 15.0 Å². The molecule has 2 amide bonds. The third-order valence-electron chi connectivity index (χ3n) is 5.22. The van der Waals surface area contributed by atoms with Crippen molar-refractivity contribution in [1.82, 2.24) is 15.2 Å². The first kappa shape index (κ1) is 20.6. The van der Waals surface area contributed by atoms with Crippen LogP contribution < -0.4 is 5.32 Å². The number of benzene rings is 1. The van der Waals surface area contributed by atoms with Crippen molar-refractivity contribution in [3.8, 4) is 0 Å². The molecule has 2 heterocycles. The molecule has 29 heavy (non-hydrogen) atoms. The van der Waals surface area contributed by atoms with Gasteiger partial charge >= 0.3 is 6.09 Å². The maximum atomic E-state index is 13.0. The molecule has 0 saturated carbocycles. The number of hydrogen-bond donors (Lipinski definition) is 1. The molecular formula is C23H27N3O3. The van der Waals surface area contributed by atoms with Gasteiger partial charge in [-0.25, -0.2) is 4.79 Å². The Hall–Kier alpha value is -3.15. The van der Waals surface area contributed by atoms with Gasteiger partial charge in [-0.05, 0) is 43.0 Å². The average molecular weight is 393 g/mol. The van der Waals surface area contributed by atoms with E-state index < -0.39 is 0 Å². The van der Waals surface area contributed by atoms with E-state index in [0.717, 1.165) is 16.8 Å². The summed E-state index contributed by atoms with van der Waals surface area (Å²) in [6.45, 7) is 6.78. The number of ether oxygens (including phenoxy) is 1. The molecule has 2 aromatic rings. The fraction of sp³-hybridized carbons (Fsp3) is 0.348. The molecule has 1 unspecified atom stereocenters. The minimum Gasteiger partial charge on any atom is -0.445 e. The van der Waals surface area contributed by atoms with Crippen LogP contribution in [0.1, 0.15) is 35.7 Å². The highest BCUT2D eigenvalue weighted by molar-refractivity contribution is 5.80. The van der Waals surface area contributed by atoms with Gasteiger partial charge in [0.25, 0.3) is 0 Å². The van der Waals surface area contributed by atoms with Crippen LogP contribution in [0.4, 0.5) is 4.79 Å². The number of aromatic nitrogens is 1. The molecule has 6 heteroatoms. The van der Waals surface area contributed by atoms with E-state index in [1.807, 2.05) is 49.4 Å². The zero-order valence-electron chi connectivity index (χ0n) is 16.7. The zero-order chi connectivity index (χ0) is 20.6. The van der Waals surface area contributed by atoms with E-state index in [4.69, 9.17) is 4.74 Å². The number of pyridine rings is 1. The highest BCUT2D eigenvalue weighted by Crippen LogP contribution is 2.25. The highest BCUT2D eigenvalue weighted by atomic mass is 16.6. The number of aryl methyl sites for hydroxylation is 1. The van der Waals surface area contributed by atoms with Crippen LogP contribution in [0.5, 0.6) is 0 Å². The molecule has 3 rings (SSSR count). The lowest BCUT2D eigenvalue weighted by Gasteiger charge is -2.31. The maximum Gasteiger partial charge on any atom is 0.410 e. The minimum absolute atomic E-state index is 0.0111. The van der Waals surface area contributed by atoms with Gasteiger partial charge in [0, 0.05) is 25.2 Å². The largest absolute Gasteiger partial charge is 0.445 e. The molecule has 1 aliphatic heterocycles. The van der Waals surface area contributed by atoms with Gasteiger partial charge in [0.05, 0.1) is 11.7 Å². The van der Waals surface area contributed by atoms with Crippen molar-refractivity contribution in [3.63, 3.8) is 0 Å². The molecular weight excluding hydrogens is 366 g/mol. The fourth-order valence-corrected chi connectivity index (χ4v) is 3.57. The van der Waals surface area contributed by atoms with Crippen molar-refractivity contribution in [2.45, 2.75) is 25.8 Å². The van der Waals surface area contributed by atoms with Gasteiger partial charge in [0.15, 0.2) is 0 Å². The summed E-state index contributed by atoms with van der Waals surface area (Å²) in [5.41, 5.74) is 2.94. The second-order valence-corrected chi connectivity index (χ2v) is 7.18. The number of hydrogen-bond acceptors (Lipinski definition) is 4. The number of piperidine rings is 1. The normalized spacial score (nSPS) is 15.4. The van der Waals surface area contributed by atoms with Gasteiger partial charge in [-0.1, -0.05) is 43.0 Å². The van der Waals surface area contributed by atoms with Crippen molar-refractivity contribution in [3.05, 3.63) is 78.1 Å². The molecule has 1 saturated heterocycles. The smallest absolute Gasteiger partial charge is 0.410 e. The van der Waals surface area contributed by atoms with Crippen LogP contribution in [0.15, 0.2) is 61.3 Å². The standard InChI is InChI=1S/C23H27N3O3/c1-3-16-29-23(28)26-14-11-18(12-15-26)22(27)25-21(20-10-6-7-13-24-20)19-9-5-4-8-17(19)2/h3-10,13,18,21H,1,11-12,14-16H2,2H3,(H,25,27). The Morgan fingerprint density at radius 2 is 1.97 bits per heavy atom. The highest BCUT2D eigenvalue weighted by Gasteiger charge is 2.30. The summed E-state index contributed by atoms with van der Waals surface area (Å²) in [6, 6.07) is 13.4. The Bertz CT molecular complexity index is 845. The summed E-state index contributed by atoms with van der Waals surface area (Å²) in [4.78, 5) is 31.1. The summed E-state index contributed by atoms with van der Waals surface area (Å²) >= 11 is 0. The first-order valence-corrected chi connectivity index (χ1v) is 9.89. The van der Waals surface area contributed by atoms with Crippen LogP contribution in [-0.2, 0) is 9.53 Å². The average Bonchev–Trinajstić information content (AvgIpc) is 2.77. The number of rotatable bonds is 6. The van der Waals surface area contributed by atoms with Crippen molar-refractivity contribution in [2.24, 2.45) is 5.92 Å². The summed E-state index contributed by atoms with van der Waals surface area (Å²) in [5.74, 6) is -0.156. The van der Waals surface area contributed by atoms with Gasteiger partial charge in [0.2, 0.25) is 5.91 Å². The molecule has 0 radical (unpaired) electrons. The van der Waals surface area contributed by atoms with Crippen LogP contribution >= 0.6 is 0 Å². The molecule has 1 aliphatic rings. The first-order chi connectivity index (χ1) is 14.1. The lowest BCUT2D eigenvalue weighted by Crippen LogP contribution is -2.44. The van der Waals surface area contributed by atoms with Crippen LogP contribution in [0, 0.1) is 12.8 Å². The number of nitrogens with zero attached hydrogens (tertiary/aromatic N) is 2. The Labute approximate surface area is 171 Å². The van der Waals surface area contributed by atoms with Crippen LogP contribution in [0.3, 0.4) is 0 Å². The summed E-state index contributed by atoms with van der Waals surface area (Å²) in [7, 11) is 0. The third kappa shape index (κ3) is 5.22. The number of carbonyl (C=O) groups is 2. The molecule has 1 aromatic carbocycles. The molecule has 1 aromatic heterocycles. The first-order valence-electron chi connectivity index (χ1n) is 9.89. The van der Waals surface area contributed by atoms with E-state index in [2.05, 4.69) is 16.9 Å². The number of nitrogens with one attached hydrogen (secondary N) is 1. The van der Waals surface area contributed by atoms with Crippen molar-refractivity contribution < 1.29 is 14.3 Å². The Morgan fingerprint density at radius 3 is 2.62 bits per heavy atom. The quantitative estimate of drug-likeness (QED) is 0.761. The van der Waals surface area contributed by atoms with E-state index in [1.54, 1.807) is 17.2 Å². The monoisotopic (exact) mass is 393 g/mol. The number of amides is 2. The summed E-state index contributed by atoms with van der Waals surface area (Å²) in [5, 5.41) is 3.19. The molecule has 0 spiro atoms. The van der Waals surface area contributed by atoms with Crippen LogP contribution in [0.2, 0.25) is 0 Å². The predicted octanol–water partition coefficient (Wildman–Crippen LogP) is 3.63. The third-order valence-corrected chi connectivity index (χ3v) is 5.22. The second-order valence-electron chi connectivity index (χ2n) is 7.18. The van der Waals surface area contributed by atoms with Gasteiger partial charge in [-0.3, -0.25) is 9.78 Å². The van der Waals surface area contributed by atoms with Crippen molar-refractivity contribution in [1.29, 1.82) is 0 Å². The molecule has 0 aliphatic carbocycles. The van der Waals surface area contributed by atoms with E-state index >= 15 is 0 Å². The number of carbonyl (C=O) groups excluding carboxylic acids is 2.